The van der Waals surface area contributed by atoms with Crippen LogP contribution in [0.4, 0.5) is 0 Å². The Labute approximate surface area is 88.1 Å². The van der Waals surface area contributed by atoms with Crippen LogP contribution in [0.1, 0.15) is 0 Å². The molecule has 0 fully saturated rings. The summed E-state index contributed by atoms with van der Waals surface area (Å²) in [4.78, 5) is 17.9. The third kappa shape index (κ3) is 1.39. The van der Waals surface area contributed by atoms with Gasteiger partial charge in [0.2, 0.25) is 0 Å². The van der Waals surface area contributed by atoms with Crippen LogP contribution in [0.2, 0.25) is 0 Å². The summed E-state index contributed by atoms with van der Waals surface area (Å²) in [7, 11) is 1.57. The molecule has 0 unspecified atom stereocenters. The average molecular weight is 255 g/mol. The first kappa shape index (κ1) is 9.21. The molecule has 0 amide bonds. The van der Waals surface area contributed by atoms with Crippen LogP contribution in [-0.4, -0.2) is 17.1 Å². The Bertz CT molecular complexity index is 536. The number of benzene rings is 1. The van der Waals surface area contributed by atoms with Gasteiger partial charge in [-0.3, -0.25) is 4.79 Å². The van der Waals surface area contributed by atoms with Crippen LogP contribution in [0.5, 0.6) is 5.75 Å². The predicted molar refractivity (Wildman–Crippen MR) is 56.6 cm³/mol. The Kier molecular flexibility index (Phi) is 2.25. The summed E-state index contributed by atoms with van der Waals surface area (Å²) in [5.41, 5.74) is 0.465. The van der Waals surface area contributed by atoms with Crippen molar-refractivity contribution in [2.24, 2.45) is 0 Å². The van der Waals surface area contributed by atoms with Gasteiger partial charge in [-0.25, -0.2) is 0 Å². The van der Waals surface area contributed by atoms with Crippen molar-refractivity contribution in [2.75, 3.05) is 7.11 Å². The Morgan fingerprint density at radius 1 is 1.50 bits per heavy atom. The Morgan fingerprint density at radius 2 is 2.29 bits per heavy atom. The molecule has 14 heavy (non-hydrogen) atoms. The van der Waals surface area contributed by atoms with Gasteiger partial charge in [-0.1, -0.05) is 0 Å². The zero-order valence-electron chi connectivity index (χ0n) is 7.37. The van der Waals surface area contributed by atoms with Crippen LogP contribution in [-0.2, 0) is 0 Å². The topological polar surface area (TPSA) is 55.0 Å². The molecule has 0 aliphatic heterocycles. The highest BCUT2D eigenvalue weighted by atomic mass is 79.9. The first-order valence-corrected chi connectivity index (χ1v) is 4.72. The van der Waals surface area contributed by atoms with Crippen LogP contribution in [0, 0.1) is 0 Å². The van der Waals surface area contributed by atoms with E-state index in [-0.39, 0.29) is 5.56 Å². The molecule has 0 saturated heterocycles. The lowest BCUT2D eigenvalue weighted by molar-refractivity contribution is 0.412. The summed E-state index contributed by atoms with van der Waals surface area (Å²) in [6, 6.07) is 3.45. The largest absolute Gasteiger partial charge is 0.495 e. The third-order valence-corrected chi connectivity index (χ3v) is 2.54. The molecule has 0 aliphatic carbocycles. The maximum atomic E-state index is 11.3. The number of nitrogens with one attached hydrogen (secondary N) is 1. The molecule has 4 nitrogen and oxygen atoms in total. The number of ether oxygens (including phenoxy) is 1. The van der Waals surface area contributed by atoms with E-state index in [0.29, 0.717) is 16.7 Å². The smallest absolute Gasteiger partial charge is 0.280 e. The first-order chi connectivity index (χ1) is 6.72. The number of aromatic amines is 1. The quantitative estimate of drug-likeness (QED) is 0.843. The predicted octanol–water partition coefficient (Wildman–Crippen LogP) is 1.69. The van der Waals surface area contributed by atoms with Crippen LogP contribution in [0.25, 0.3) is 10.9 Å². The standard InChI is InChI=1S/C9H7BrN2O2/c1-14-8-3-7-5(2-6(8)10)9(13)12-4-11-7/h2-4H,1H3,(H,11,12,13). The summed E-state index contributed by atoms with van der Waals surface area (Å²) < 4.78 is 5.85. The molecule has 1 N–H and O–H groups in total. The van der Waals surface area contributed by atoms with E-state index in [0.717, 1.165) is 4.47 Å². The number of nitrogens with zero attached hydrogens (tertiary/aromatic N) is 1. The second-order valence-electron chi connectivity index (χ2n) is 2.74. The highest BCUT2D eigenvalue weighted by Crippen LogP contribution is 2.27. The molecule has 2 rings (SSSR count). The van der Waals surface area contributed by atoms with Crippen LogP contribution < -0.4 is 10.3 Å². The summed E-state index contributed by atoms with van der Waals surface area (Å²) in [5, 5.41) is 0.542. The number of hydrogen-bond donors (Lipinski definition) is 1. The Morgan fingerprint density at radius 3 is 3.00 bits per heavy atom. The number of methoxy groups -OCH3 is 1. The zero-order valence-corrected chi connectivity index (χ0v) is 8.96. The second-order valence-corrected chi connectivity index (χ2v) is 3.59. The van der Waals surface area contributed by atoms with Crippen LogP contribution in [0.3, 0.4) is 0 Å². The minimum absolute atomic E-state index is 0.248. The molecule has 0 bridgehead atoms. The van der Waals surface area contributed by atoms with E-state index in [1.807, 2.05) is 0 Å². The molecule has 0 atom stereocenters. The highest BCUT2D eigenvalue weighted by molar-refractivity contribution is 9.10. The third-order valence-electron chi connectivity index (χ3n) is 1.92. The summed E-state index contributed by atoms with van der Waals surface area (Å²) in [6.45, 7) is 0. The number of H-pyrrole nitrogens is 1. The number of aromatic nitrogens is 2. The maximum Gasteiger partial charge on any atom is 0.280 e. The molecule has 2 aromatic rings. The van der Waals surface area contributed by atoms with Gasteiger partial charge in [0, 0.05) is 6.07 Å². The molecule has 72 valence electrons. The fraction of sp³-hybridized carbons (Fsp3) is 0.111. The molecule has 1 aromatic carbocycles. The lowest BCUT2D eigenvalue weighted by Crippen LogP contribution is -2.06. The van der Waals surface area contributed by atoms with E-state index < -0.39 is 0 Å². The monoisotopic (exact) mass is 254 g/mol. The van der Waals surface area contributed by atoms with E-state index in [4.69, 9.17) is 4.74 Å². The van der Waals surface area contributed by atoms with Crippen molar-refractivity contribution in [1.29, 1.82) is 0 Å². The molecule has 0 aliphatic rings. The SMILES string of the molecule is COc1cc2[nH]cnc(=O)c2cc1Br. The molecule has 0 radical (unpaired) electrons. The van der Waals surface area contributed by atoms with Gasteiger partial charge in [0.05, 0.1) is 28.8 Å². The molecular formula is C9H7BrN2O2. The van der Waals surface area contributed by atoms with Gasteiger partial charge < -0.3 is 9.72 Å². The lowest BCUT2D eigenvalue weighted by Gasteiger charge is -2.04. The van der Waals surface area contributed by atoms with Crippen molar-refractivity contribution >= 4 is 26.8 Å². The minimum atomic E-state index is -0.248. The Balaban J connectivity index is 2.86. The van der Waals surface area contributed by atoms with E-state index in [2.05, 4.69) is 25.9 Å². The lowest BCUT2D eigenvalue weighted by atomic mass is 10.2. The van der Waals surface area contributed by atoms with Gasteiger partial charge >= 0.3 is 0 Å². The van der Waals surface area contributed by atoms with Gasteiger partial charge in [0.1, 0.15) is 5.75 Å². The van der Waals surface area contributed by atoms with Crippen LogP contribution >= 0.6 is 15.9 Å². The van der Waals surface area contributed by atoms with Crippen LogP contribution in [0.15, 0.2) is 27.7 Å². The zero-order chi connectivity index (χ0) is 10.1. The fourth-order valence-electron chi connectivity index (χ4n) is 1.24. The molecule has 1 aromatic heterocycles. The average Bonchev–Trinajstić information content (AvgIpc) is 2.19. The molecule has 0 saturated carbocycles. The number of rotatable bonds is 1. The van der Waals surface area contributed by atoms with E-state index in [9.17, 15) is 4.79 Å². The van der Waals surface area contributed by atoms with Gasteiger partial charge in [-0.15, -0.1) is 0 Å². The molecule has 0 spiro atoms. The number of halogens is 1. The highest BCUT2D eigenvalue weighted by Gasteiger charge is 2.05. The number of fused-ring (bicyclic) bond motifs is 1. The maximum absolute atomic E-state index is 11.3. The minimum Gasteiger partial charge on any atom is -0.495 e. The van der Waals surface area contributed by atoms with Gasteiger partial charge in [0.15, 0.2) is 0 Å². The van der Waals surface area contributed by atoms with E-state index >= 15 is 0 Å². The molecule has 1 heterocycles. The van der Waals surface area contributed by atoms with E-state index in [1.54, 1.807) is 19.2 Å². The second kappa shape index (κ2) is 3.42. The van der Waals surface area contributed by atoms with Gasteiger partial charge in [-0.05, 0) is 22.0 Å². The van der Waals surface area contributed by atoms with Gasteiger partial charge in [-0.2, -0.15) is 4.98 Å². The molecule has 5 heteroatoms. The first-order valence-electron chi connectivity index (χ1n) is 3.93. The Hall–Kier alpha value is -1.36. The van der Waals surface area contributed by atoms with Crippen molar-refractivity contribution in [3.8, 4) is 5.75 Å². The summed E-state index contributed by atoms with van der Waals surface area (Å²) in [6.07, 6.45) is 1.37. The van der Waals surface area contributed by atoms with Crippen molar-refractivity contribution in [3.05, 3.63) is 33.3 Å². The summed E-state index contributed by atoms with van der Waals surface area (Å²) in [5.74, 6) is 0.680. The molecular weight excluding hydrogens is 248 g/mol. The number of hydrogen-bond acceptors (Lipinski definition) is 3. The van der Waals surface area contributed by atoms with Crippen molar-refractivity contribution in [1.82, 2.24) is 9.97 Å². The van der Waals surface area contributed by atoms with E-state index in [1.165, 1.54) is 6.33 Å². The van der Waals surface area contributed by atoms with Gasteiger partial charge in [0.25, 0.3) is 5.56 Å². The normalized spacial score (nSPS) is 10.4. The van der Waals surface area contributed by atoms with Crippen molar-refractivity contribution < 1.29 is 4.74 Å². The summed E-state index contributed by atoms with van der Waals surface area (Å²) >= 11 is 3.31. The van der Waals surface area contributed by atoms with Crippen molar-refractivity contribution in [3.63, 3.8) is 0 Å². The fourth-order valence-corrected chi connectivity index (χ4v) is 1.74. The van der Waals surface area contributed by atoms with Crippen molar-refractivity contribution in [2.45, 2.75) is 0 Å².